The Morgan fingerprint density at radius 3 is 3.00 bits per heavy atom. The molecule has 0 aromatic heterocycles. The first-order valence-electron chi connectivity index (χ1n) is 5.28. The van der Waals surface area contributed by atoms with Gasteiger partial charge in [-0.25, -0.2) is 0 Å². The Bertz CT molecular complexity index is 311. The molecule has 1 aliphatic heterocycles. The molecule has 1 nitrogen and oxygen atoms in total. The third kappa shape index (κ3) is 1.76. The van der Waals surface area contributed by atoms with Crippen LogP contribution in [0.25, 0.3) is 0 Å². The van der Waals surface area contributed by atoms with Crippen molar-refractivity contribution in [2.45, 2.75) is 25.8 Å². The van der Waals surface area contributed by atoms with Crippen LogP contribution >= 0.6 is 12.6 Å². The molecule has 1 aliphatic rings. The molecule has 0 amide bonds. The molecule has 2 heteroatoms. The van der Waals surface area contributed by atoms with E-state index in [9.17, 15) is 0 Å². The molecule has 0 fully saturated rings. The molecule has 0 aliphatic carbocycles. The fraction of sp³-hybridized carbons (Fsp3) is 0.500. The monoisotopic (exact) mass is 207 g/mol. The van der Waals surface area contributed by atoms with Crippen LogP contribution in [-0.2, 0) is 6.42 Å². The highest BCUT2D eigenvalue weighted by molar-refractivity contribution is 7.80. The summed E-state index contributed by atoms with van der Waals surface area (Å²) in [4.78, 5) is 2.51. The number of thiol groups is 1. The highest BCUT2D eigenvalue weighted by Gasteiger charge is 2.24. The van der Waals surface area contributed by atoms with Crippen molar-refractivity contribution in [1.29, 1.82) is 0 Å². The van der Waals surface area contributed by atoms with E-state index in [-0.39, 0.29) is 0 Å². The topological polar surface area (TPSA) is 3.24 Å². The van der Waals surface area contributed by atoms with Crippen LogP contribution < -0.4 is 4.90 Å². The van der Waals surface area contributed by atoms with Gasteiger partial charge in [-0.1, -0.05) is 18.2 Å². The third-order valence-corrected chi connectivity index (χ3v) is 3.22. The Morgan fingerprint density at radius 1 is 1.43 bits per heavy atom. The maximum Gasteiger partial charge on any atom is 0.0402 e. The van der Waals surface area contributed by atoms with Crippen LogP contribution in [0.15, 0.2) is 24.3 Å². The molecular formula is C12H17NS. The average Bonchev–Trinajstić information content (AvgIpc) is 2.51. The summed E-state index contributed by atoms with van der Waals surface area (Å²) in [6.45, 7) is 3.44. The van der Waals surface area contributed by atoms with Gasteiger partial charge < -0.3 is 4.90 Å². The molecule has 2 rings (SSSR count). The van der Waals surface area contributed by atoms with Crippen molar-refractivity contribution in [2.24, 2.45) is 0 Å². The van der Waals surface area contributed by atoms with Gasteiger partial charge in [0.1, 0.15) is 0 Å². The van der Waals surface area contributed by atoms with Gasteiger partial charge in [-0.3, -0.25) is 0 Å². The van der Waals surface area contributed by atoms with Crippen molar-refractivity contribution < 1.29 is 0 Å². The molecule has 0 saturated carbocycles. The molecule has 76 valence electrons. The minimum atomic E-state index is 0.660. The maximum absolute atomic E-state index is 4.27. The fourth-order valence-electron chi connectivity index (χ4n) is 2.21. The van der Waals surface area contributed by atoms with Gasteiger partial charge >= 0.3 is 0 Å². The summed E-state index contributed by atoms with van der Waals surface area (Å²) in [5.41, 5.74) is 2.93. The first-order valence-corrected chi connectivity index (χ1v) is 5.91. The van der Waals surface area contributed by atoms with Crippen molar-refractivity contribution in [3.8, 4) is 0 Å². The van der Waals surface area contributed by atoms with Gasteiger partial charge in [0.2, 0.25) is 0 Å². The Morgan fingerprint density at radius 2 is 2.21 bits per heavy atom. The minimum Gasteiger partial charge on any atom is -0.368 e. The van der Waals surface area contributed by atoms with Crippen LogP contribution in [0.3, 0.4) is 0 Å². The molecule has 1 atom stereocenters. The Labute approximate surface area is 91.5 Å². The Balaban J connectivity index is 2.17. The van der Waals surface area contributed by atoms with Crippen molar-refractivity contribution in [1.82, 2.24) is 0 Å². The van der Waals surface area contributed by atoms with E-state index in [1.807, 2.05) is 0 Å². The minimum absolute atomic E-state index is 0.660. The van der Waals surface area contributed by atoms with E-state index in [0.29, 0.717) is 6.04 Å². The van der Waals surface area contributed by atoms with Gasteiger partial charge in [0.05, 0.1) is 0 Å². The molecular weight excluding hydrogens is 190 g/mol. The SMILES string of the molecule is CC1Cc2ccccc2N1CCCS. The number of hydrogen-bond donors (Lipinski definition) is 1. The number of benzene rings is 1. The zero-order chi connectivity index (χ0) is 9.97. The van der Waals surface area contributed by atoms with Crippen molar-refractivity contribution >= 4 is 18.3 Å². The van der Waals surface area contributed by atoms with Crippen molar-refractivity contribution in [2.75, 3.05) is 17.2 Å². The lowest BCUT2D eigenvalue weighted by atomic mass is 10.1. The van der Waals surface area contributed by atoms with E-state index < -0.39 is 0 Å². The van der Waals surface area contributed by atoms with Gasteiger partial charge in [-0.15, -0.1) is 0 Å². The molecule has 0 radical (unpaired) electrons. The number of para-hydroxylation sites is 1. The highest BCUT2D eigenvalue weighted by Crippen LogP contribution is 2.31. The number of anilines is 1. The molecule has 0 bridgehead atoms. The van der Waals surface area contributed by atoms with E-state index in [4.69, 9.17) is 0 Å². The van der Waals surface area contributed by atoms with E-state index >= 15 is 0 Å². The van der Waals surface area contributed by atoms with Crippen LogP contribution in [0.1, 0.15) is 18.9 Å². The van der Waals surface area contributed by atoms with Crippen molar-refractivity contribution in [3.05, 3.63) is 29.8 Å². The summed E-state index contributed by atoms with van der Waals surface area (Å²) in [5.74, 6) is 0.978. The second-order valence-corrected chi connectivity index (χ2v) is 4.40. The predicted octanol–water partition coefficient (Wildman–Crippen LogP) is 2.76. The predicted molar refractivity (Wildman–Crippen MR) is 65.4 cm³/mol. The zero-order valence-electron chi connectivity index (χ0n) is 8.61. The van der Waals surface area contributed by atoms with Gasteiger partial charge in [-0.05, 0) is 37.1 Å². The third-order valence-electron chi connectivity index (χ3n) is 2.91. The lowest BCUT2D eigenvalue weighted by Crippen LogP contribution is -2.30. The van der Waals surface area contributed by atoms with Gasteiger partial charge in [0.15, 0.2) is 0 Å². The van der Waals surface area contributed by atoms with Gasteiger partial charge in [0, 0.05) is 18.3 Å². The van der Waals surface area contributed by atoms with Crippen LogP contribution in [0, 0.1) is 0 Å². The normalized spacial score (nSPS) is 19.9. The largest absolute Gasteiger partial charge is 0.368 e. The lowest BCUT2D eigenvalue weighted by molar-refractivity contribution is 0.665. The van der Waals surface area contributed by atoms with E-state index in [1.54, 1.807) is 0 Å². The molecule has 0 saturated heterocycles. The number of hydrogen-bond acceptors (Lipinski definition) is 2. The molecule has 0 N–H and O–H groups in total. The van der Waals surface area contributed by atoms with Gasteiger partial charge in [-0.2, -0.15) is 12.6 Å². The number of rotatable bonds is 3. The van der Waals surface area contributed by atoms with Crippen LogP contribution in [0.4, 0.5) is 5.69 Å². The quantitative estimate of drug-likeness (QED) is 0.746. The maximum atomic E-state index is 4.27. The summed E-state index contributed by atoms with van der Waals surface area (Å²) in [7, 11) is 0. The molecule has 1 aromatic rings. The first kappa shape index (κ1) is 9.91. The second-order valence-electron chi connectivity index (χ2n) is 3.95. The Kier molecular flexibility index (Phi) is 3.02. The smallest absolute Gasteiger partial charge is 0.0402 e. The molecule has 1 aromatic carbocycles. The van der Waals surface area contributed by atoms with E-state index in [2.05, 4.69) is 48.7 Å². The summed E-state index contributed by atoms with van der Waals surface area (Å²) >= 11 is 4.27. The standard InChI is InChI=1S/C12H17NS/c1-10-9-11-5-2-3-6-12(11)13(10)7-4-8-14/h2-3,5-6,10,14H,4,7-9H2,1H3. The summed E-state index contributed by atoms with van der Waals surface area (Å²) in [6.07, 6.45) is 2.37. The first-order chi connectivity index (χ1) is 6.83. The molecule has 14 heavy (non-hydrogen) atoms. The van der Waals surface area contributed by atoms with E-state index in [0.717, 1.165) is 12.3 Å². The average molecular weight is 207 g/mol. The van der Waals surface area contributed by atoms with Crippen LogP contribution in [-0.4, -0.2) is 18.3 Å². The molecule has 1 unspecified atom stereocenters. The summed E-state index contributed by atoms with van der Waals surface area (Å²) < 4.78 is 0. The lowest BCUT2D eigenvalue weighted by Gasteiger charge is -2.24. The number of fused-ring (bicyclic) bond motifs is 1. The van der Waals surface area contributed by atoms with E-state index in [1.165, 1.54) is 24.1 Å². The van der Waals surface area contributed by atoms with Crippen LogP contribution in [0.2, 0.25) is 0 Å². The Hall–Kier alpha value is -0.630. The van der Waals surface area contributed by atoms with Crippen LogP contribution in [0.5, 0.6) is 0 Å². The second kappa shape index (κ2) is 4.26. The summed E-state index contributed by atoms with van der Waals surface area (Å²) in [5, 5.41) is 0. The zero-order valence-corrected chi connectivity index (χ0v) is 9.50. The highest BCUT2D eigenvalue weighted by atomic mass is 32.1. The fourth-order valence-corrected chi connectivity index (χ4v) is 2.35. The number of nitrogens with zero attached hydrogens (tertiary/aromatic N) is 1. The molecule has 0 spiro atoms. The molecule has 1 heterocycles. The van der Waals surface area contributed by atoms with Gasteiger partial charge in [0.25, 0.3) is 0 Å². The summed E-state index contributed by atoms with van der Waals surface area (Å²) in [6, 6.07) is 9.40. The van der Waals surface area contributed by atoms with Crippen molar-refractivity contribution in [3.63, 3.8) is 0 Å².